The van der Waals surface area contributed by atoms with Crippen LogP contribution in [0.1, 0.15) is 0 Å². The van der Waals surface area contributed by atoms with Crippen LogP contribution in [0, 0.1) is 10.1 Å². The molecule has 0 saturated heterocycles. The number of alkyl halides is 9. The fourth-order valence-electron chi connectivity index (χ4n) is 0.646. The summed E-state index contributed by atoms with van der Waals surface area (Å²) >= 11 is 0. The van der Waals surface area contributed by atoms with Crippen LogP contribution in [-0.4, -0.2) is 28.9 Å². The first-order valence-electron chi connectivity index (χ1n) is 3.70. The number of hydrogen-bond acceptors (Lipinski definition) is 2. The summed E-state index contributed by atoms with van der Waals surface area (Å²) in [6.45, 7) is 0. The molecule has 12 heteroatoms. The summed E-state index contributed by atoms with van der Waals surface area (Å²) in [4.78, 5) is 7.82. The molecule has 0 aliphatic rings. The Labute approximate surface area is 92.0 Å². The third kappa shape index (κ3) is 2.67. The van der Waals surface area contributed by atoms with E-state index in [1.54, 1.807) is 0 Å². The monoisotopic (exact) mass is 291 g/mol. The maximum Gasteiger partial charge on any atom is 0.460 e. The fourth-order valence-corrected chi connectivity index (χ4v) is 0.646. The summed E-state index contributed by atoms with van der Waals surface area (Å²) in [5.41, 5.74) is 0. The van der Waals surface area contributed by atoms with E-state index in [2.05, 4.69) is 0 Å². The Bertz CT molecular complexity index is 359. The lowest BCUT2D eigenvalue weighted by molar-refractivity contribution is -0.408. The Hall–Kier alpha value is -1.49. The highest BCUT2D eigenvalue weighted by Crippen LogP contribution is 2.53. The largest absolute Gasteiger partial charge is 0.460 e. The zero-order valence-corrected chi connectivity index (χ0v) is 7.82. The van der Waals surface area contributed by atoms with Crippen LogP contribution in [-0.2, 0) is 0 Å². The van der Waals surface area contributed by atoms with E-state index in [1.807, 2.05) is 0 Å². The van der Waals surface area contributed by atoms with Gasteiger partial charge in [0.2, 0.25) is 6.20 Å². The van der Waals surface area contributed by atoms with E-state index < -0.39 is 41.1 Å². The third-order valence-corrected chi connectivity index (χ3v) is 1.57. The molecule has 0 aromatic heterocycles. The van der Waals surface area contributed by atoms with Crippen molar-refractivity contribution >= 4 is 0 Å². The van der Waals surface area contributed by atoms with E-state index in [0.717, 1.165) is 0 Å². The van der Waals surface area contributed by atoms with Crippen LogP contribution in [0.5, 0.6) is 0 Å². The van der Waals surface area contributed by atoms with Crippen LogP contribution < -0.4 is 0 Å². The van der Waals surface area contributed by atoms with Gasteiger partial charge in [0.25, 0.3) is 0 Å². The van der Waals surface area contributed by atoms with Gasteiger partial charge in [-0.2, -0.15) is 39.5 Å². The molecule has 0 amide bonds. The lowest BCUT2D eigenvalue weighted by atomic mass is 10.0. The molecule has 0 fully saturated rings. The van der Waals surface area contributed by atoms with Crippen molar-refractivity contribution in [2.24, 2.45) is 0 Å². The average Bonchev–Trinajstić information content (AvgIpc) is 2.12. The Balaban J connectivity index is 5.57. The lowest BCUT2D eigenvalue weighted by Gasteiger charge is -2.31. The fraction of sp³-hybridized carbons (Fsp3) is 0.667. The van der Waals surface area contributed by atoms with Gasteiger partial charge in [-0.3, -0.25) is 10.1 Å². The first kappa shape index (κ1) is 16.5. The molecule has 0 heterocycles. The molecule has 0 N–H and O–H groups in total. The van der Waals surface area contributed by atoms with Crippen molar-refractivity contribution in [2.45, 2.75) is 23.9 Å². The molecule has 0 aromatic carbocycles. The van der Waals surface area contributed by atoms with Gasteiger partial charge < -0.3 is 0 Å². The summed E-state index contributed by atoms with van der Waals surface area (Å²) in [6, 6.07) is 0. The first-order chi connectivity index (χ1) is 7.67. The summed E-state index contributed by atoms with van der Waals surface area (Å²) in [5, 5.41) is 9.55. The molecule has 3 nitrogen and oxygen atoms in total. The predicted octanol–water partition coefficient (Wildman–Crippen LogP) is 3.25. The molecule has 0 saturated carbocycles. The van der Waals surface area contributed by atoms with Gasteiger partial charge in [-0.25, -0.2) is 0 Å². The van der Waals surface area contributed by atoms with Crippen LogP contribution in [0.25, 0.3) is 0 Å². The van der Waals surface area contributed by atoms with Gasteiger partial charge in [-0.05, 0) is 0 Å². The minimum Gasteiger partial charge on any atom is -0.259 e. The standard InChI is InChI=1S/C6H2F9NO2/c7-3(8,1-2-16(17)18)4(9,10)5(11,12)6(13,14)15/h1-2H/b2-1+. The molecular weight excluding hydrogens is 289 g/mol. The summed E-state index contributed by atoms with van der Waals surface area (Å²) < 4.78 is 109. The quantitative estimate of drug-likeness (QED) is 0.453. The van der Waals surface area contributed by atoms with Gasteiger partial charge >= 0.3 is 23.9 Å². The average molecular weight is 291 g/mol. The second kappa shape index (κ2) is 4.31. The number of allylic oxidation sites excluding steroid dienone is 1. The molecule has 0 aliphatic carbocycles. The summed E-state index contributed by atoms with van der Waals surface area (Å²) in [6.07, 6.45) is -9.14. The maximum absolute atomic E-state index is 12.5. The SMILES string of the molecule is O=[N+]([O-])/C=C/C(F)(F)C(F)(F)C(F)(F)C(F)(F)F. The third-order valence-electron chi connectivity index (χ3n) is 1.57. The van der Waals surface area contributed by atoms with Gasteiger partial charge in [0.1, 0.15) is 0 Å². The molecule has 0 aliphatic heterocycles. The van der Waals surface area contributed by atoms with Gasteiger partial charge in [-0.15, -0.1) is 0 Å². The van der Waals surface area contributed by atoms with Crippen molar-refractivity contribution in [3.63, 3.8) is 0 Å². The van der Waals surface area contributed by atoms with Crippen LogP contribution in [0.2, 0.25) is 0 Å². The number of rotatable bonds is 4. The number of nitrogens with zero attached hydrogens (tertiary/aromatic N) is 1. The molecule has 18 heavy (non-hydrogen) atoms. The molecule has 0 aromatic rings. The van der Waals surface area contributed by atoms with Crippen LogP contribution in [0.15, 0.2) is 12.3 Å². The lowest BCUT2D eigenvalue weighted by Crippen LogP contribution is -2.60. The van der Waals surface area contributed by atoms with E-state index in [4.69, 9.17) is 0 Å². The molecule has 0 unspecified atom stereocenters. The molecule has 0 rings (SSSR count). The van der Waals surface area contributed by atoms with Crippen molar-refractivity contribution < 1.29 is 44.4 Å². The van der Waals surface area contributed by atoms with Gasteiger partial charge in [0.05, 0.1) is 11.0 Å². The molecule has 0 radical (unpaired) electrons. The van der Waals surface area contributed by atoms with Crippen molar-refractivity contribution in [3.8, 4) is 0 Å². The number of nitro groups is 1. The van der Waals surface area contributed by atoms with Gasteiger partial charge in [0, 0.05) is 0 Å². The Morgan fingerprint density at radius 1 is 0.833 bits per heavy atom. The van der Waals surface area contributed by atoms with E-state index in [9.17, 15) is 49.6 Å². The number of halogens is 9. The van der Waals surface area contributed by atoms with E-state index in [0.29, 0.717) is 0 Å². The van der Waals surface area contributed by atoms with Crippen LogP contribution >= 0.6 is 0 Å². The summed E-state index contributed by atoms with van der Waals surface area (Å²) in [5.74, 6) is -20.0. The topological polar surface area (TPSA) is 43.1 Å². The molecule has 106 valence electrons. The predicted molar refractivity (Wildman–Crippen MR) is 37.0 cm³/mol. The number of hydrogen-bond donors (Lipinski definition) is 0. The second-order valence-corrected chi connectivity index (χ2v) is 2.87. The van der Waals surface area contributed by atoms with Crippen LogP contribution in [0.4, 0.5) is 39.5 Å². The van der Waals surface area contributed by atoms with E-state index in [-0.39, 0.29) is 0 Å². The molecule has 0 atom stereocenters. The zero-order chi connectivity index (χ0) is 15.0. The van der Waals surface area contributed by atoms with E-state index >= 15 is 0 Å². The Morgan fingerprint density at radius 2 is 1.22 bits per heavy atom. The minimum absolute atomic E-state index is 0.861. The van der Waals surface area contributed by atoms with Crippen molar-refractivity contribution in [2.75, 3.05) is 0 Å². The molecular formula is C6H2F9NO2. The highest BCUT2D eigenvalue weighted by atomic mass is 19.4. The first-order valence-corrected chi connectivity index (χ1v) is 3.70. The van der Waals surface area contributed by atoms with E-state index in [1.165, 1.54) is 0 Å². The smallest absolute Gasteiger partial charge is 0.259 e. The maximum atomic E-state index is 12.5. The second-order valence-electron chi connectivity index (χ2n) is 2.87. The van der Waals surface area contributed by atoms with Gasteiger partial charge in [0.15, 0.2) is 0 Å². The minimum atomic E-state index is -7.05. The normalized spacial score (nSPS) is 15.2. The zero-order valence-electron chi connectivity index (χ0n) is 7.82. The highest BCUT2D eigenvalue weighted by Gasteiger charge is 2.81. The van der Waals surface area contributed by atoms with Crippen molar-refractivity contribution in [1.29, 1.82) is 0 Å². The van der Waals surface area contributed by atoms with Crippen molar-refractivity contribution in [1.82, 2.24) is 0 Å². The van der Waals surface area contributed by atoms with Crippen LogP contribution in [0.3, 0.4) is 0 Å². The summed E-state index contributed by atoms with van der Waals surface area (Å²) in [7, 11) is 0. The Morgan fingerprint density at radius 3 is 1.50 bits per heavy atom. The highest BCUT2D eigenvalue weighted by molar-refractivity contribution is 5.08. The van der Waals surface area contributed by atoms with Crippen molar-refractivity contribution in [3.05, 3.63) is 22.4 Å². The van der Waals surface area contributed by atoms with Gasteiger partial charge in [-0.1, -0.05) is 0 Å². The molecule has 0 spiro atoms. The molecule has 0 bridgehead atoms. The Kier molecular flexibility index (Phi) is 3.96.